The minimum Gasteiger partial charge on any atom is -0.310 e. The van der Waals surface area contributed by atoms with Gasteiger partial charge in [0.2, 0.25) is 0 Å². The van der Waals surface area contributed by atoms with Crippen LogP contribution in [0.2, 0.25) is 0 Å². The third kappa shape index (κ3) is 3.62. The minimum atomic E-state index is 0.138. The first kappa shape index (κ1) is 27.9. The SMILES string of the molecule is c1ccc2c(c1)-c1c(N(c3ccc4c(ccc5ccccc54)c3)c3ccc4c(c3)sc3ccccc34)cccc1C21C2CC3CC(C2)CC1C3. The van der Waals surface area contributed by atoms with Crippen LogP contribution in [-0.4, -0.2) is 0 Å². The van der Waals surface area contributed by atoms with E-state index in [2.05, 4.69) is 144 Å². The van der Waals surface area contributed by atoms with Crippen molar-refractivity contribution in [2.45, 2.75) is 37.5 Å². The average molecular weight is 660 g/mol. The van der Waals surface area contributed by atoms with Gasteiger partial charge in [0, 0.05) is 42.5 Å². The number of hydrogen-bond donors (Lipinski definition) is 0. The van der Waals surface area contributed by atoms with E-state index >= 15 is 0 Å². The van der Waals surface area contributed by atoms with Crippen molar-refractivity contribution >= 4 is 70.1 Å². The summed E-state index contributed by atoms with van der Waals surface area (Å²) in [5, 5.41) is 7.88. The van der Waals surface area contributed by atoms with Crippen molar-refractivity contribution in [2.75, 3.05) is 4.90 Å². The van der Waals surface area contributed by atoms with Gasteiger partial charge in [0.15, 0.2) is 0 Å². The maximum absolute atomic E-state index is 2.59. The van der Waals surface area contributed by atoms with Crippen LogP contribution in [0.5, 0.6) is 0 Å². The summed E-state index contributed by atoms with van der Waals surface area (Å²) in [6.45, 7) is 0. The standard InChI is InChI=1S/C48H37NS/c1-2-9-37-31(8-1)16-17-32-27-35(18-20-38(32)37)49(36-19-21-40-39-10-4-6-15-45(39)50-46(40)28-36)44-14-7-13-43-47(44)41-11-3-5-12-42(41)48(43)33-23-29-22-30(25-33)26-34(48)24-29/h1-21,27-30,33-34H,22-26H2. The molecule has 13 rings (SSSR count). The Bertz CT molecular complexity index is 2670. The minimum absolute atomic E-state index is 0.138. The second-order valence-corrected chi connectivity index (χ2v) is 16.8. The maximum atomic E-state index is 2.59. The zero-order valence-corrected chi connectivity index (χ0v) is 28.8. The summed E-state index contributed by atoms with van der Waals surface area (Å²) in [5.74, 6) is 3.35. The lowest BCUT2D eigenvalue weighted by Gasteiger charge is -2.61. The Morgan fingerprint density at radius 2 is 1.12 bits per heavy atom. The molecule has 50 heavy (non-hydrogen) atoms. The van der Waals surface area contributed by atoms with Gasteiger partial charge in [0.25, 0.3) is 0 Å². The van der Waals surface area contributed by atoms with Crippen molar-refractivity contribution in [1.29, 1.82) is 0 Å². The van der Waals surface area contributed by atoms with Crippen LogP contribution in [0, 0.1) is 23.7 Å². The fourth-order valence-corrected chi connectivity index (χ4v) is 12.9. The molecule has 0 unspecified atom stereocenters. The largest absolute Gasteiger partial charge is 0.310 e. The molecule has 1 heterocycles. The van der Waals surface area contributed by atoms with E-state index in [0.29, 0.717) is 0 Å². The van der Waals surface area contributed by atoms with Crippen LogP contribution in [0.3, 0.4) is 0 Å². The Morgan fingerprint density at radius 1 is 0.480 bits per heavy atom. The molecule has 0 N–H and O–H groups in total. The predicted molar refractivity (Wildman–Crippen MR) is 212 cm³/mol. The second kappa shape index (κ2) is 10.1. The second-order valence-electron chi connectivity index (χ2n) is 15.7. The van der Waals surface area contributed by atoms with E-state index in [1.165, 1.54) is 102 Å². The van der Waals surface area contributed by atoms with Gasteiger partial charge in [-0.1, -0.05) is 103 Å². The Morgan fingerprint density at radius 3 is 1.98 bits per heavy atom. The monoisotopic (exact) mass is 659 g/mol. The van der Waals surface area contributed by atoms with Crippen molar-refractivity contribution in [3.63, 3.8) is 0 Å². The van der Waals surface area contributed by atoms with E-state index < -0.39 is 0 Å². The molecule has 1 aromatic heterocycles. The van der Waals surface area contributed by atoms with Crippen LogP contribution in [0.15, 0.2) is 140 Å². The summed E-state index contributed by atoms with van der Waals surface area (Å²) < 4.78 is 2.69. The molecule has 2 heteroatoms. The zero-order valence-electron chi connectivity index (χ0n) is 28.0. The molecule has 8 aromatic rings. The van der Waals surface area contributed by atoms with Gasteiger partial charge < -0.3 is 4.90 Å². The summed E-state index contributed by atoms with van der Waals surface area (Å²) in [7, 11) is 0. The smallest absolute Gasteiger partial charge is 0.0543 e. The number of rotatable bonds is 3. The fourth-order valence-electron chi connectivity index (χ4n) is 11.8. The molecule has 7 aromatic carbocycles. The molecule has 5 aliphatic carbocycles. The first-order valence-electron chi connectivity index (χ1n) is 18.6. The van der Waals surface area contributed by atoms with E-state index in [9.17, 15) is 0 Å². The van der Waals surface area contributed by atoms with Crippen molar-refractivity contribution in [3.8, 4) is 11.1 Å². The van der Waals surface area contributed by atoms with E-state index in [0.717, 1.165) is 23.7 Å². The Labute approximate surface area is 296 Å². The molecule has 1 nitrogen and oxygen atoms in total. The van der Waals surface area contributed by atoms with E-state index in [1.54, 1.807) is 11.1 Å². The van der Waals surface area contributed by atoms with Gasteiger partial charge in [-0.05, 0) is 130 Å². The van der Waals surface area contributed by atoms with Crippen LogP contribution in [0.1, 0.15) is 43.2 Å². The van der Waals surface area contributed by atoms with Gasteiger partial charge in [-0.2, -0.15) is 0 Å². The highest BCUT2D eigenvalue weighted by Gasteiger charge is 2.61. The number of nitrogens with zero attached hydrogens (tertiary/aromatic N) is 1. The lowest BCUT2D eigenvalue weighted by molar-refractivity contribution is -0.0399. The average Bonchev–Trinajstić information content (AvgIpc) is 3.67. The predicted octanol–water partition coefficient (Wildman–Crippen LogP) is 13.6. The summed E-state index contributed by atoms with van der Waals surface area (Å²) in [4.78, 5) is 2.59. The van der Waals surface area contributed by atoms with Crippen LogP contribution in [0.4, 0.5) is 17.1 Å². The van der Waals surface area contributed by atoms with Gasteiger partial charge >= 0.3 is 0 Å². The van der Waals surface area contributed by atoms with Gasteiger partial charge in [0.05, 0.1) is 5.69 Å². The van der Waals surface area contributed by atoms with E-state index in [4.69, 9.17) is 0 Å². The molecular formula is C48H37NS. The van der Waals surface area contributed by atoms with Gasteiger partial charge in [-0.15, -0.1) is 11.3 Å². The van der Waals surface area contributed by atoms with Gasteiger partial charge in [0.1, 0.15) is 0 Å². The zero-order chi connectivity index (χ0) is 32.6. The van der Waals surface area contributed by atoms with Crippen molar-refractivity contribution in [2.24, 2.45) is 23.7 Å². The lowest BCUT2D eigenvalue weighted by atomic mass is 9.43. The molecule has 0 amide bonds. The first-order valence-corrected chi connectivity index (χ1v) is 19.4. The Balaban J connectivity index is 1.13. The molecule has 4 fully saturated rings. The third-order valence-corrected chi connectivity index (χ3v) is 14.5. The molecule has 240 valence electrons. The van der Waals surface area contributed by atoms with Crippen LogP contribution < -0.4 is 4.90 Å². The molecule has 4 saturated carbocycles. The summed E-state index contributed by atoms with van der Waals surface area (Å²) in [6.07, 6.45) is 7.07. The van der Waals surface area contributed by atoms with Crippen molar-refractivity contribution < 1.29 is 0 Å². The summed E-state index contributed by atoms with van der Waals surface area (Å²) in [6, 6.07) is 53.4. The highest BCUT2D eigenvalue weighted by molar-refractivity contribution is 7.25. The van der Waals surface area contributed by atoms with Crippen LogP contribution in [0.25, 0.3) is 52.8 Å². The maximum Gasteiger partial charge on any atom is 0.0543 e. The third-order valence-electron chi connectivity index (χ3n) is 13.4. The summed E-state index contributed by atoms with van der Waals surface area (Å²) in [5.41, 5.74) is 10.0. The molecule has 5 aliphatic rings. The van der Waals surface area contributed by atoms with Crippen LogP contribution in [-0.2, 0) is 5.41 Å². The fraction of sp³-hybridized carbons (Fsp3) is 0.208. The first-order chi connectivity index (χ1) is 24.7. The molecule has 1 spiro atoms. The number of benzene rings is 7. The van der Waals surface area contributed by atoms with E-state index in [-0.39, 0.29) is 5.41 Å². The molecule has 0 atom stereocenters. The topological polar surface area (TPSA) is 3.24 Å². The Hall–Kier alpha value is -4.92. The molecule has 0 radical (unpaired) electrons. The van der Waals surface area contributed by atoms with Gasteiger partial charge in [-0.25, -0.2) is 0 Å². The van der Waals surface area contributed by atoms with Crippen molar-refractivity contribution in [1.82, 2.24) is 0 Å². The summed E-state index contributed by atoms with van der Waals surface area (Å²) >= 11 is 1.91. The number of hydrogen-bond acceptors (Lipinski definition) is 2. The molecule has 0 aliphatic heterocycles. The Kier molecular flexibility index (Phi) is 5.62. The highest BCUT2D eigenvalue weighted by atomic mass is 32.1. The number of thiophene rings is 1. The lowest BCUT2D eigenvalue weighted by Crippen LogP contribution is -2.55. The molecule has 0 saturated heterocycles. The van der Waals surface area contributed by atoms with Crippen molar-refractivity contribution in [3.05, 3.63) is 151 Å². The molecule has 4 bridgehead atoms. The normalized spacial score (nSPS) is 24.5. The quantitative estimate of drug-likeness (QED) is 0.171. The van der Waals surface area contributed by atoms with Crippen LogP contribution >= 0.6 is 11.3 Å². The number of fused-ring (bicyclic) bond motifs is 9. The van der Waals surface area contributed by atoms with E-state index in [1.807, 2.05) is 11.3 Å². The molecular weight excluding hydrogens is 623 g/mol. The highest BCUT2D eigenvalue weighted by Crippen LogP contribution is 2.70. The number of anilines is 3. The van der Waals surface area contributed by atoms with Gasteiger partial charge in [-0.3, -0.25) is 0 Å².